The Kier molecular flexibility index (Phi) is 3.97. The van der Waals surface area contributed by atoms with Crippen molar-refractivity contribution in [3.05, 3.63) is 54.6 Å². The minimum Gasteiger partial charge on any atom is -0.376 e. The maximum Gasteiger partial charge on any atom is 0.115 e. The largest absolute Gasteiger partial charge is 0.376 e. The number of rotatable bonds is 2. The van der Waals surface area contributed by atoms with Crippen LogP contribution in [0.3, 0.4) is 0 Å². The van der Waals surface area contributed by atoms with Crippen LogP contribution in [0.25, 0.3) is 16.7 Å². The van der Waals surface area contributed by atoms with Gasteiger partial charge in [-0.2, -0.15) is 0 Å². The molecule has 1 saturated heterocycles. The van der Waals surface area contributed by atoms with E-state index in [4.69, 9.17) is 4.74 Å². The first-order chi connectivity index (χ1) is 11.6. The normalized spacial score (nSPS) is 29.5. The van der Waals surface area contributed by atoms with Gasteiger partial charge in [0.2, 0.25) is 0 Å². The Morgan fingerprint density at radius 2 is 1.75 bits per heavy atom. The molecule has 4 rings (SSSR count). The van der Waals surface area contributed by atoms with Gasteiger partial charge >= 0.3 is 0 Å². The van der Waals surface area contributed by atoms with Crippen molar-refractivity contribution in [2.75, 3.05) is 0 Å². The predicted molar refractivity (Wildman–Crippen MR) is 96.4 cm³/mol. The molecule has 1 aliphatic heterocycles. The van der Waals surface area contributed by atoms with E-state index in [0.29, 0.717) is 24.0 Å². The van der Waals surface area contributed by atoms with Crippen molar-refractivity contribution in [3.63, 3.8) is 0 Å². The van der Waals surface area contributed by atoms with Gasteiger partial charge in [-0.15, -0.1) is 0 Å². The molecular formula is C21H24N2O. The van der Waals surface area contributed by atoms with Crippen LogP contribution in [0.1, 0.15) is 37.8 Å². The maximum atomic E-state index is 5.92. The van der Waals surface area contributed by atoms with Crippen molar-refractivity contribution in [1.29, 1.82) is 0 Å². The Morgan fingerprint density at radius 3 is 2.46 bits per heavy atom. The summed E-state index contributed by atoms with van der Waals surface area (Å²) in [6, 6.07) is 6.71. The first kappa shape index (κ1) is 15.5. The highest BCUT2D eigenvalue weighted by Gasteiger charge is 2.36. The molecule has 4 atom stereocenters. The minimum atomic E-state index is 0.354. The van der Waals surface area contributed by atoms with E-state index in [-0.39, 0.29) is 0 Å². The highest BCUT2D eigenvalue weighted by atomic mass is 16.5. The molecule has 0 saturated carbocycles. The number of nitrogens with zero attached hydrogens (tertiary/aromatic N) is 2. The van der Waals surface area contributed by atoms with Gasteiger partial charge in [-0.25, -0.2) is 9.97 Å². The van der Waals surface area contributed by atoms with Crippen LogP contribution in [-0.2, 0) is 11.2 Å². The monoisotopic (exact) mass is 320 g/mol. The maximum absolute atomic E-state index is 5.92. The Balaban J connectivity index is 1.61. The van der Waals surface area contributed by atoms with Crippen LogP contribution in [0.15, 0.2) is 43.5 Å². The standard InChI is InChI=1S/C21H24N2O/c1-13-6-18(7-14(2)24-13)21-9-17-5-4-16(8-20(17)15(21)3)19-10-22-12-23-11-19/h4-5,8,10-14,18,21H,3,6-7,9H2,1-2H3/t13-,14+,18?,21?. The smallest absolute Gasteiger partial charge is 0.115 e. The average molecular weight is 320 g/mol. The highest BCUT2D eigenvalue weighted by Crippen LogP contribution is 2.45. The van der Waals surface area contributed by atoms with Crippen molar-refractivity contribution >= 4 is 5.57 Å². The van der Waals surface area contributed by atoms with Gasteiger partial charge in [0, 0.05) is 18.0 Å². The van der Waals surface area contributed by atoms with Gasteiger partial charge < -0.3 is 4.74 Å². The summed E-state index contributed by atoms with van der Waals surface area (Å²) in [6.07, 6.45) is 9.41. The van der Waals surface area contributed by atoms with Crippen molar-refractivity contribution in [2.24, 2.45) is 11.8 Å². The molecule has 2 aliphatic rings. The van der Waals surface area contributed by atoms with Gasteiger partial charge in [0.1, 0.15) is 6.33 Å². The molecule has 2 unspecified atom stereocenters. The van der Waals surface area contributed by atoms with Crippen LogP contribution in [0.5, 0.6) is 0 Å². The second-order valence-corrected chi connectivity index (χ2v) is 7.32. The number of aromatic nitrogens is 2. The van der Waals surface area contributed by atoms with Gasteiger partial charge in [0.15, 0.2) is 0 Å². The van der Waals surface area contributed by atoms with Gasteiger partial charge in [0.05, 0.1) is 12.2 Å². The Morgan fingerprint density at radius 1 is 1.04 bits per heavy atom. The fourth-order valence-corrected chi connectivity index (χ4v) is 4.48. The zero-order chi connectivity index (χ0) is 16.7. The lowest BCUT2D eigenvalue weighted by atomic mass is 9.78. The van der Waals surface area contributed by atoms with Gasteiger partial charge in [-0.05, 0) is 73.3 Å². The van der Waals surface area contributed by atoms with Gasteiger partial charge in [0.25, 0.3) is 0 Å². The Bertz CT molecular complexity index is 746. The lowest BCUT2D eigenvalue weighted by Crippen LogP contribution is -2.33. The predicted octanol–water partition coefficient (Wildman–Crippen LogP) is 4.53. The molecule has 1 aromatic heterocycles. The number of hydrogen-bond donors (Lipinski definition) is 0. The van der Waals surface area contributed by atoms with E-state index in [0.717, 1.165) is 24.8 Å². The van der Waals surface area contributed by atoms with Crippen LogP contribution >= 0.6 is 0 Å². The molecule has 0 bridgehead atoms. The lowest BCUT2D eigenvalue weighted by molar-refractivity contribution is -0.0584. The highest BCUT2D eigenvalue weighted by molar-refractivity contribution is 5.77. The summed E-state index contributed by atoms with van der Waals surface area (Å²) >= 11 is 0. The first-order valence-corrected chi connectivity index (χ1v) is 8.84. The minimum absolute atomic E-state index is 0.354. The third kappa shape index (κ3) is 2.78. The Hall–Kier alpha value is -2.00. The molecule has 3 heteroatoms. The number of hydrogen-bond acceptors (Lipinski definition) is 3. The molecule has 0 radical (unpaired) electrons. The Labute approximate surface area is 143 Å². The zero-order valence-corrected chi connectivity index (χ0v) is 14.4. The van der Waals surface area contributed by atoms with Crippen molar-refractivity contribution < 1.29 is 4.74 Å². The molecule has 3 nitrogen and oxygen atoms in total. The zero-order valence-electron chi connectivity index (χ0n) is 14.4. The quantitative estimate of drug-likeness (QED) is 0.815. The molecule has 2 aromatic rings. The van der Waals surface area contributed by atoms with Crippen LogP contribution < -0.4 is 0 Å². The molecule has 0 N–H and O–H groups in total. The molecule has 1 fully saturated rings. The molecule has 24 heavy (non-hydrogen) atoms. The van der Waals surface area contributed by atoms with Crippen molar-refractivity contribution in [2.45, 2.75) is 45.3 Å². The fourth-order valence-electron chi connectivity index (χ4n) is 4.48. The van der Waals surface area contributed by atoms with Crippen LogP contribution in [-0.4, -0.2) is 22.2 Å². The molecule has 0 spiro atoms. The molecule has 1 aliphatic carbocycles. The van der Waals surface area contributed by atoms with Crippen molar-refractivity contribution in [1.82, 2.24) is 9.97 Å². The van der Waals surface area contributed by atoms with E-state index >= 15 is 0 Å². The summed E-state index contributed by atoms with van der Waals surface area (Å²) in [6.45, 7) is 8.86. The second-order valence-electron chi connectivity index (χ2n) is 7.32. The molecule has 1 aromatic carbocycles. The summed E-state index contributed by atoms with van der Waals surface area (Å²) in [7, 11) is 0. The number of allylic oxidation sites excluding steroid dienone is 1. The number of ether oxygens (including phenoxy) is 1. The summed E-state index contributed by atoms with van der Waals surface area (Å²) < 4.78 is 5.92. The second kappa shape index (κ2) is 6.14. The first-order valence-electron chi connectivity index (χ1n) is 8.84. The van der Waals surface area contributed by atoms with E-state index in [2.05, 4.69) is 48.6 Å². The SMILES string of the molecule is C=C1c2cc(-c3cncnc3)ccc2CC1C1C[C@@H](C)O[C@@H](C)C1. The molecule has 124 valence electrons. The average Bonchev–Trinajstić information content (AvgIpc) is 2.91. The molecule has 2 heterocycles. The fraction of sp³-hybridized carbons (Fsp3) is 0.429. The lowest BCUT2D eigenvalue weighted by Gasteiger charge is -2.35. The van der Waals surface area contributed by atoms with E-state index < -0.39 is 0 Å². The number of fused-ring (bicyclic) bond motifs is 1. The van der Waals surface area contributed by atoms with E-state index in [1.165, 1.54) is 22.3 Å². The molecule has 0 amide bonds. The summed E-state index contributed by atoms with van der Waals surface area (Å²) in [4.78, 5) is 8.26. The van der Waals surface area contributed by atoms with Gasteiger partial charge in [-0.3, -0.25) is 0 Å². The summed E-state index contributed by atoms with van der Waals surface area (Å²) in [5.41, 5.74) is 6.29. The van der Waals surface area contributed by atoms with E-state index in [1.54, 1.807) is 6.33 Å². The van der Waals surface area contributed by atoms with Crippen LogP contribution in [0.2, 0.25) is 0 Å². The summed E-state index contributed by atoms with van der Waals surface area (Å²) in [5, 5.41) is 0. The topological polar surface area (TPSA) is 35.0 Å². The van der Waals surface area contributed by atoms with Crippen molar-refractivity contribution in [3.8, 4) is 11.1 Å². The van der Waals surface area contributed by atoms with Crippen LogP contribution in [0.4, 0.5) is 0 Å². The summed E-state index contributed by atoms with van der Waals surface area (Å²) in [5.74, 6) is 1.23. The number of benzene rings is 1. The van der Waals surface area contributed by atoms with Crippen LogP contribution in [0, 0.1) is 11.8 Å². The van der Waals surface area contributed by atoms with Gasteiger partial charge in [-0.1, -0.05) is 18.7 Å². The third-order valence-corrected chi connectivity index (χ3v) is 5.54. The third-order valence-electron chi connectivity index (χ3n) is 5.54. The van der Waals surface area contributed by atoms with E-state index in [1.807, 2.05) is 12.4 Å². The molecular weight excluding hydrogens is 296 g/mol. The van der Waals surface area contributed by atoms with E-state index in [9.17, 15) is 0 Å².